The third kappa shape index (κ3) is 4.76. The molecule has 2 aromatic rings. The largest absolute Gasteiger partial charge is 0.495 e. The maximum absolute atomic E-state index is 12.7. The molecule has 6 nitrogen and oxygen atoms in total. The normalized spacial score (nSPS) is 11.9. The Morgan fingerprint density at radius 1 is 1.19 bits per heavy atom. The van der Waals surface area contributed by atoms with Gasteiger partial charge in [-0.25, -0.2) is 13.2 Å². The third-order valence-electron chi connectivity index (χ3n) is 3.53. The van der Waals surface area contributed by atoms with Gasteiger partial charge in [-0.15, -0.1) is 11.3 Å². The smallest absolute Gasteiger partial charge is 0.349 e. The topological polar surface area (TPSA) is 81.7 Å². The lowest BCUT2D eigenvalue weighted by Gasteiger charge is -2.19. The van der Waals surface area contributed by atoms with Crippen LogP contribution in [0.5, 0.6) is 5.75 Å². The van der Waals surface area contributed by atoms with Crippen LogP contribution in [0.1, 0.15) is 36.0 Å². The van der Waals surface area contributed by atoms with E-state index in [-0.39, 0.29) is 15.2 Å². The van der Waals surface area contributed by atoms with E-state index in [1.807, 2.05) is 12.1 Å². The number of anilines is 1. The molecule has 0 amide bonds. The molecule has 0 bridgehead atoms. The summed E-state index contributed by atoms with van der Waals surface area (Å²) >= 11 is 1.01. The van der Waals surface area contributed by atoms with Crippen molar-refractivity contribution < 1.29 is 22.7 Å². The summed E-state index contributed by atoms with van der Waals surface area (Å²) in [7, 11) is -1.26. The van der Waals surface area contributed by atoms with Crippen LogP contribution in [-0.2, 0) is 21.2 Å². The average Bonchev–Trinajstić information content (AvgIpc) is 3.04. The molecule has 1 aromatic carbocycles. The van der Waals surface area contributed by atoms with Gasteiger partial charge < -0.3 is 9.47 Å². The molecular formula is C18H23NO5S2. The zero-order valence-corrected chi connectivity index (χ0v) is 17.1. The van der Waals surface area contributed by atoms with Gasteiger partial charge in [-0.05, 0) is 41.0 Å². The van der Waals surface area contributed by atoms with Crippen molar-refractivity contribution in [2.24, 2.45) is 5.41 Å². The highest BCUT2D eigenvalue weighted by atomic mass is 32.2. The Labute approximate surface area is 158 Å². The molecule has 0 saturated heterocycles. The standard InChI is InChI=1S/C18H23NO5S2/c1-18(2,3)11-12-6-7-13(14(10-12)23-4)19-26(21,22)15-8-9-25-16(15)17(20)24-5/h6-10,19H,11H2,1-5H3. The number of rotatable bonds is 6. The molecule has 0 fully saturated rings. The number of nitrogens with one attached hydrogen (secondary N) is 1. The van der Waals surface area contributed by atoms with Crippen molar-refractivity contribution in [1.82, 2.24) is 0 Å². The second-order valence-electron chi connectivity index (χ2n) is 6.98. The van der Waals surface area contributed by atoms with Crippen molar-refractivity contribution in [1.29, 1.82) is 0 Å². The number of thiophene rings is 1. The molecule has 0 radical (unpaired) electrons. The lowest BCUT2D eigenvalue weighted by atomic mass is 9.88. The Balaban J connectivity index is 2.35. The highest BCUT2D eigenvalue weighted by Crippen LogP contribution is 2.32. The van der Waals surface area contributed by atoms with Crippen LogP contribution in [0.15, 0.2) is 34.5 Å². The fourth-order valence-electron chi connectivity index (χ4n) is 2.49. The summed E-state index contributed by atoms with van der Waals surface area (Å²) in [6.07, 6.45) is 0.827. The molecule has 1 N–H and O–H groups in total. The molecule has 0 saturated carbocycles. The quantitative estimate of drug-likeness (QED) is 0.747. The van der Waals surface area contributed by atoms with E-state index in [0.717, 1.165) is 23.3 Å². The first-order valence-corrected chi connectivity index (χ1v) is 10.3. The van der Waals surface area contributed by atoms with Crippen LogP contribution < -0.4 is 9.46 Å². The molecule has 1 aromatic heterocycles. The summed E-state index contributed by atoms with van der Waals surface area (Å²) in [5.74, 6) is -0.266. The van der Waals surface area contributed by atoms with Crippen molar-refractivity contribution in [3.63, 3.8) is 0 Å². The molecule has 0 aliphatic rings. The number of hydrogen-bond acceptors (Lipinski definition) is 6. The van der Waals surface area contributed by atoms with E-state index in [1.54, 1.807) is 6.07 Å². The molecule has 0 aliphatic heterocycles. The van der Waals surface area contributed by atoms with Gasteiger partial charge in [0.05, 0.1) is 19.9 Å². The predicted octanol–water partition coefficient (Wildman–Crippen LogP) is 3.93. The number of benzene rings is 1. The van der Waals surface area contributed by atoms with Crippen LogP contribution in [0, 0.1) is 5.41 Å². The van der Waals surface area contributed by atoms with E-state index in [4.69, 9.17) is 4.74 Å². The van der Waals surface area contributed by atoms with Crippen molar-refractivity contribution in [2.75, 3.05) is 18.9 Å². The highest BCUT2D eigenvalue weighted by Gasteiger charge is 2.26. The summed E-state index contributed by atoms with van der Waals surface area (Å²) in [6.45, 7) is 6.38. The minimum absolute atomic E-state index is 0.0309. The molecule has 0 spiro atoms. The number of sulfonamides is 1. The van der Waals surface area contributed by atoms with Gasteiger partial charge in [0, 0.05) is 0 Å². The first-order chi connectivity index (χ1) is 12.1. The monoisotopic (exact) mass is 397 g/mol. The molecule has 142 valence electrons. The van der Waals surface area contributed by atoms with E-state index >= 15 is 0 Å². The van der Waals surface area contributed by atoms with E-state index in [0.29, 0.717) is 11.4 Å². The SMILES string of the molecule is COC(=O)c1sccc1S(=O)(=O)Nc1ccc(CC(C)(C)C)cc1OC. The van der Waals surface area contributed by atoms with Crippen LogP contribution in [-0.4, -0.2) is 28.6 Å². The molecule has 0 unspecified atom stereocenters. The molecule has 0 aliphatic carbocycles. The minimum atomic E-state index is -3.96. The van der Waals surface area contributed by atoms with Crippen molar-refractivity contribution in [2.45, 2.75) is 32.1 Å². The van der Waals surface area contributed by atoms with Gasteiger partial charge in [0.2, 0.25) is 0 Å². The fourth-order valence-corrected chi connectivity index (χ4v) is 4.90. The number of ether oxygens (including phenoxy) is 2. The van der Waals surface area contributed by atoms with E-state index in [2.05, 4.69) is 30.2 Å². The second-order valence-corrected chi connectivity index (χ2v) is 9.55. The van der Waals surface area contributed by atoms with Gasteiger partial charge in [0.1, 0.15) is 15.5 Å². The Hall–Kier alpha value is -2.06. The summed E-state index contributed by atoms with van der Waals surface area (Å²) in [5.41, 5.74) is 1.45. The number of hydrogen-bond donors (Lipinski definition) is 1. The van der Waals surface area contributed by atoms with Crippen molar-refractivity contribution in [3.05, 3.63) is 40.1 Å². The van der Waals surface area contributed by atoms with E-state index in [1.165, 1.54) is 25.7 Å². The molecule has 2 rings (SSSR count). The summed E-state index contributed by atoms with van der Waals surface area (Å²) in [6, 6.07) is 6.72. The van der Waals surface area contributed by atoms with Gasteiger partial charge in [0.15, 0.2) is 0 Å². The van der Waals surface area contributed by atoms with Crippen molar-refractivity contribution >= 4 is 33.0 Å². The number of methoxy groups -OCH3 is 2. The Bertz CT molecular complexity index is 895. The average molecular weight is 398 g/mol. The second kappa shape index (κ2) is 7.67. The number of esters is 1. The lowest BCUT2D eigenvalue weighted by Crippen LogP contribution is -2.16. The molecule has 0 atom stereocenters. The summed E-state index contributed by atoms with van der Waals surface area (Å²) < 4.78 is 37.9. The first-order valence-electron chi connectivity index (χ1n) is 7.93. The molecular weight excluding hydrogens is 374 g/mol. The number of carbonyl (C=O) groups excluding carboxylic acids is 1. The summed E-state index contributed by atoms with van der Waals surface area (Å²) in [4.78, 5) is 11.7. The van der Waals surface area contributed by atoms with Gasteiger partial charge in [0.25, 0.3) is 10.0 Å². The van der Waals surface area contributed by atoms with Gasteiger partial charge in [-0.2, -0.15) is 0 Å². The van der Waals surface area contributed by atoms with Crippen LogP contribution in [0.25, 0.3) is 0 Å². The Morgan fingerprint density at radius 3 is 2.46 bits per heavy atom. The van der Waals surface area contributed by atoms with Gasteiger partial charge in [-0.3, -0.25) is 4.72 Å². The zero-order valence-electron chi connectivity index (χ0n) is 15.5. The molecule has 1 heterocycles. The molecule has 26 heavy (non-hydrogen) atoms. The van der Waals surface area contributed by atoms with Crippen LogP contribution in [0.3, 0.4) is 0 Å². The Morgan fingerprint density at radius 2 is 1.88 bits per heavy atom. The minimum Gasteiger partial charge on any atom is -0.495 e. The van der Waals surface area contributed by atoms with Crippen LogP contribution >= 0.6 is 11.3 Å². The number of carbonyl (C=O) groups is 1. The third-order valence-corrected chi connectivity index (χ3v) is 5.97. The van der Waals surface area contributed by atoms with E-state index < -0.39 is 16.0 Å². The van der Waals surface area contributed by atoms with Gasteiger partial charge in [-0.1, -0.05) is 26.8 Å². The first kappa shape index (κ1) is 20.3. The fraction of sp³-hybridized carbons (Fsp3) is 0.389. The maximum Gasteiger partial charge on any atom is 0.349 e. The van der Waals surface area contributed by atoms with Crippen LogP contribution in [0.4, 0.5) is 5.69 Å². The Kier molecular flexibility index (Phi) is 5.98. The van der Waals surface area contributed by atoms with Gasteiger partial charge >= 0.3 is 5.97 Å². The van der Waals surface area contributed by atoms with Crippen molar-refractivity contribution in [3.8, 4) is 5.75 Å². The molecule has 8 heteroatoms. The highest BCUT2D eigenvalue weighted by molar-refractivity contribution is 7.93. The zero-order chi connectivity index (χ0) is 19.5. The van der Waals surface area contributed by atoms with Crippen LogP contribution in [0.2, 0.25) is 0 Å². The lowest BCUT2D eigenvalue weighted by molar-refractivity contribution is 0.0602. The predicted molar refractivity (Wildman–Crippen MR) is 103 cm³/mol. The summed E-state index contributed by atoms with van der Waals surface area (Å²) in [5, 5.41) is 1.53. The maximum atomic E-state index is 12.7. The van der Waals surface area contributed by atoms with E-state index in [9.17, 15) is 13.2 Å².